The number of ether oxygens (including phenoxy) is 2. The predicted molar refractivity (Wildman–Crippen MR) is 126 cm³/mol. The standard InChI is InChI=1S/C26H25N3O4/c1-3-32-21-10-8-19(9-11-21)23-24(28-20-6-5-7-22(16-20)33-4-2)26(31)29(25(23)30)17-18-12-14-27-15-13-18/h5-16,28H,3-4,17H2,1-2H3. The first-order chi connectivity index (χ1) is 16.1. The molecule has 7 nitrogen and oxygen atoms in total. The van der Waals surface area contributed by atoms with E-state index in [-0.39, 0.29) is 24.1 Å². The molecule has 1 N–H and O–H groups in total. The number of imide groups is 1. The lowest BCUT2D eigenvalue weighted by Gasteiger charge is -2.15. The highest BCUT2D eigenvalue weighted by molar-refractivity contribution is 6.36. The van der Waals surface area contributed by atoms with E-state index in [0.29, 0.717) is 41.5 Å². The van der Waals surface area contributed by atoms with Crippen LogP contribution in [0.25, 0.3) is 5.57 Å². The van der Waals surface area contributed by atoms with Crippen molar-refractivity contribution in [3.63, 3.8) is 0 Å². The fraction of sp³-hybridized carbons (Fsp3) is 0.192. The van der Waals surface area contributed by atoms with E-state index in [1.165, 1.54) is 4.90 Å². The van der Waals surface area contributed by atoms with Crippen LogP contribution in [0.1, 0.15) is 25.0 Å². The Bertz CT molecular complexity index is 1170. The molecule has 0 saturated heterocycles. The Morgan fingerprint density at radius 1 is 0.848 bits per heavy atom. The normalized spacial score (nSPS) is 13.5. The number of carbonyl (C=O) groups is 2. The van der Waals surface area contributed by atoms with Crippen molar-refractivity contribution < 1.29 is 19.1 Å². The van der Waals surface area contributed by atoms with Gasteiger partial charge in [0.05, 0.1) is 25.3 Å². The number of hydrogen-bond acceptors (Lipinski definition) is 6. The summed E-state index contributed by atoms with van der Waals surface area (Å²) in [5, 5.41) is 3.17. The van der Waals surface area contributed by atoms with E-state index in [1.54, 1.807) is 54.9 Å². The van der Waals surface area contributed by atoms with Crippen LogP contribution in [0.5, 0.6) is 11.5 Å². The van der Waals surface area contributed by atoms with E-state index in [0.717, 1.165) is 5.56 Å². The van der Waals surface area contributed by atoms with Crippen LogP contribution in [0.15, 0.2) is 78.8 Å². The Kier molecular flexibility index (Phi) is 6.69. The summed E-state index contributed by atoms with van der Waals surface area (Å²) < 4.78 is 11.1. The SMILES string of the molecule is CCOc1ccc(C2=C(Nc3cccc(OCC)c3)C(=O)N(Cc3ccncc3)C2=O)cc1. The van der Waals surface area contributed by atoms with Gasteiger partial charge >= 0.3 is 0 Å². The number of anilines is 1. The van der Waals surface area contributed by atoms with Crippen molar-refractivity contribution in [2.75, 3.05) is 18.5 Å². The molecule has 2 aromatic carbocycles. The molecule has 4 rings (SSSR count). The van der Waals surface area contributed by atoms with E-state index >= 15 is 0 Å². The molecule has 0 fully saturated rings. The zero-order chi connectivity index (χ0) is 23.2. The lowest BCUT2D eigenvalue weighted by Crippen LogP contribution is -2.32. The molecule has 1 aromatic heterocycles. The Labute approximate surface area is 192 Å². The molecule has 0 atom stereocenters. The van der Waals surface area contributed by atoms with Crippen LogP contribution in [-0.4, -0.2) is 34.9 Å². The van der Waals surface area contributed by atoms with E-state index < -0.39 is 0 Å². The Hall–Kier alpha value is -4.13. The molecule has 33 heavy (non-hydrogen) atoms. The minimum absolute atomic E-state index is 0.158. The molecule has 0 saturated carbocycles. The monoisotopic (exact) mass is 443 g/mol. The van der Waals surface area contributed by atoms with Gasteiger partial charge in [-0.1, -0.05) is 18.2 Å². The molecular weight excluding hydrogens is 418 g/mol. The smallest absolute Gasteiger partial charge is 0.278 e. The molecule has 7 heteroatoms. The molecule has 168 valence electrons. The highest BCUT2D eigenvalue weighted by Gasteiger charge is 2.39. The number of carbonyl (C=O) groups excluding carboxylic acids is 2. The van der Waals surface area contributed by atoms with Gasteiger partial charge in [0, 0.05) is 24.1 Å². The van der Waals surface area contributed by atoms with Crippen LogP contribution in [0, 0.1) is 0 Å². The lowest BCUT2D eigenvalue weighted by molar-refractivity contribution is -0.137. The number of nitrogens with zero attached hydrogens (tertiary/aromatic N) is 2. The van der Waals surface area contributed by atoms with Gasteiger partial charge in [0.15, 0.2) is 0 Å². The summed E-state index contributed by atoms with van der Waals surface area (Å²) in [6, 6.07) is 18.0. The summed E-state index contributed by atoms with van der Waals surface area (Å²) in [5.41, 5.74) is 2.66. The third-order valence-electron chi connectivity index (χ3n) is 5.13. The zero-order valence-electron chi connectivity index (χ0n) is 18.6. The van der Waals surface area contributed by atoms with E-state index in [1.807, 2.05) is 32.0 Å². The predicted octanol–water partition coefficient (Wildman–Crippen LogP) is 4.27. The largest absolute Gasteiger partial charge is 0.494 e. The van der Waals surface area contributed by atoms with E-state index in [2.05, 4.69) is 10.3 Å². The Balaban J connectivity index is 1.71. The average molecular weight is 444 g/mol. The van der Waals surface area contributed by atoms with E-state index in [4.69, 9.17) is 9.47 Å². The van der Waals surface area contributed by atoms with Crippen LogP contribution in [0.4, 0.5) is 5.69 Å². The molecule has 3 aromatic rings. The van der Waals surface area contributed by atoms with Crippen molar-refractivity contribution in [3.8, 4) is 11.5 Å². The van der Waals surface area contributed by atoms with Gasteiger partial charge in [-0.3, -0.25) is 19.5 Å². The maximum Gasteiger partial charge on any atom is 0.278 e. The topological polar surface area (TPSA) is 80.8 Å². The summed E-state index contributed by atoms with van der Waals surface area (Å²) >= 11 is 0. The molecule has 0 unspecified atom stereocenters. The molecule has 1 aliphatic heterocycles. The summed E-state index contributed by atoms with van der Waals surface area (Å²) in [6.07, 6.45) is 3.28. The second-order valence-corrected chi connectivity index (χ2v) is 7.35. The quantitative estimate of drug-likeness (QED) is 0.498. The first kappa shape index (κ1) is 22.1. The Morgan fingerprint density at radius 2 is 1.55 bits per heavy atom. The van der Waals surface area contributed by atoms with Crippen LogP contribution in [0.3, 0.4) is 0 Å². The molecule has 2 heterocycles. The maximum absolute atomic E-state index is 13.4. The van der Waals surface area contributed by atoms with Gasteiger partial charge in [0.2, 0.25) is 0 Å². The van der Waals surface area contributed by atoms with Gasteiger partial charge in [-0.05, 0) is 61.4 Å². The van der Waals surface area contributed by atoms with Gasteiger partial charge in [-0.15, -0.1) is 0 Å². The summed E-state index contributed by atoms with van der Waals surface area (Å²) in [4.78, 5) is 32.1. The number of benzene rings is 2. The molecule has 0 bridgehead atoms. The summed E-state index contributed by atoms with van der Waals surface area (Å²) in [5.74, 6) is 0.634. The average Bonchev–Trinajstić information content (AvgIpc) is 3.05. The van der Waals surface area contributed by atoms with Crippen molar-refractivity contribution in [1.29, 1.82) is 0 Å². The van der Waals surface area contributed by atoms with Crippen LogP contribution in [0.2, 0.25) is 0 Å². The first-order valence-electron chi connectivity index (χ1n) is 10.8. The number of amides is 2. The first-order valence-corrected chi connectivity index (χ1v) is 10.8. The zero-order valence-corrected chi connectivity index (χ0v) is 18.6. The third kappa shape index (κ3) is 4.87. The number of rotatable bonds is 9. The third-order valence-corrected chi connectivity index (χ3v) is 5.13. The Morgan fingerprint density at radius 3 is 2.24 bits per heavy atom. The van der Waals surface area contributed by atoms with Crippen LogP contribution < -0.4 is 14.8 Å². The van der Waals surface area contributed by atoms with E-state index in [9.17, 15) is 9.59 Å². The second-order valence-electron chi connectivity index (χ2n) is 7.35. The lowest BCUT2D eigenvalue weighted by atomic mass is 10.0. The van der Waals surface area contributed by atoms with Gasteiger partial charge in [-0.25, -0.2) is 0 Å². The summed E-state index contributed by atoms with van der Waals surface area (Å²) in [7, 11) is 0. The van der Waals surface area contributed by atoms with Crippen molar-refractivity contribution >= 4 is 23.1 Å². The minimum atomic E-state index is -0.387. The number of aromatic nitrogens is 1. The molecule has 0 radical (unpaired) electrons. The van der Waals surface area contributed by atoms with Crippen molar-refractivity contribution in [3.05, 3.63) is 89.9 Å². The van der Waals surface area contributed by atoms with Gasteiger partial charge < -0.3 is 14.8 Å². The molecule has 1 aliphatic rings. The van der Waals surface area contributed by atoms with Gasteiger partial charge in [0.1, 0.15) is 17.2 Å². The molecular formula is C26H25N3O4. The van der Waals surface area contributed by atoms with Gasteiger partial charge in [-0.2, -0.15) is 0 Å². The number of hydrogen-bond donors (Lipinski definition) is 1. The summed E-state index contributed by atoms with van der Waals surface area (Å²) in [6.45, 7) is 5.04. The number of pyridine rings is 1. The van der Waals surface area contributed by atoms with Crippen LogP contribution in [-0.2, 0) is 16.1 Å². The van der Waals surface area contributed by atoms with Crippen molar-refractivity contribution in [1.82, 2.24) is 9.88 Å². The fourth-order valence-corrected chi connectivity index (χ4v) is 3.63. The second kappa shape index (κ2) is 9.99. The highest BCUT2D eigenvalue weighted by atomic mass is 16.5. The fourth-order valence-electron chi connectivity index (χ4n) is 3.63. The molecule has 0 spiro atoms. The number of nitrogens with one attached hydrogen (secondary N) is 1. The molecule has 2 amide bonds. The van der Waals surface area contributed by atoms with Crippen molar-refractivity contribution in [2.45, 2.75) is 20.4 Å². The minimum Gasteiger partial charge on any atom is -0.494 e. The van der Waals surface area contributed by atoms with Crippen molar-refractivity contribution in [2.24, 2.45) is 0 Å². The highest BCUT2D eigenvalue weighted by Crippen LogP contribution is 2.33. The molecule has 0 aliphatic carbocycles. The van der Waals surface area contributed by atoms with Crippen LogP contribution >= 0.6 is 0 Å². The van der Waals surface area contributed by atoms with Gasteiger partial charge in [0.25, 0.3) is 11.8 Å². The maximum atomic E-state index is 13.4.